The highest BCUT2D eigenvalue weighted by molar-refractivity contribution is 7.12. The molecule has 2 heterocycles. The van der Waals surface area contributed by atoms with Crippen molar-refractivity contribution >= 4 is 22.9 Å². The topological polar surface area (TPSA) is 49.6 Å². The summed E-state index contributed by atoms with van der Waals surface area (Å²) >= 11 is 1.42. The molecule has 0 spiro atoms. The lowest BCUT2D eigenvalue weighted by Crippen LogP contribution is -2.32. The SMILES string of the molecule is CN1CCC(CN(C)C(=O)c2sccc2N)C1. The van der Waals surface area contributed by atoms with Gasteiger partial charge in [0.05, 0.1) is 5.69 Å². The van der Waals surface area contributed by atoms with Crippen molar-refractivity contribution in [3.05, 3.63) is 16.3 Å². The van der Waals surface area contributed by atoms with Crippen molar-refractivity contribution in [1.29, 1.82) is 0 Å². The number of carbonyl (C=O) groups is 1. The zero-order valence-corrected chi connectivity index (χ0v) is 11.2. The first-order valence-corrected chi connectivity index (χ1v) is 6.73. The molecule has 0 saturated carbocycles. The third-order valence-corrected chi connectivity index (χ3v) is 4.18. The fourth-order valence-corrected chi connectivity index (χ4v) is 3.12. The van der Waals surface area contributed by atoms with Gasteiger partial charge in [-0.1, -0.05) is 0 Å². The van der Waals surface area contributed by atoms with Gasteiger partial charge in [-0.15, -0.1) is 11.3 Å². The van der Waals surface area contributed by atoms with Gasteiger partial charge in [0.25, 0.3) is 5.91 Å². The molecule has 94 valence electrons. The van der Waals surface area contributed by atoms with Crippen LogP contribution in [-0.4, -0.2) is 49.4 Å². The number of nitrogen functional groups attached to an aromatic ring is 1. The van der Waals surface area contributed by atoms with E-state index in [1.165, 1.54) is 17.8 Å². The van der Waals surface area contributed by atoms with Crippen LogP contribution < -0.4 is 5.73 Å². The molecule has 1 saturated heterocycles. The summed E-state index contributed by atoms with van der Waals surface area (Å²) in [5.74, 6) is 0.641. The van der Waals surface area contributed by atoms with Crippen LogP contribution in [0.1, 0.15) is 16.1 Å². The second kappa shape index (κ2) is 5.06. The van der Waals surface area contributed by atoms with Gasteiger partial charge >= 0.3 is 0 Å². The van der Waals surface area contributed by atoms with Crippen molar-refractivity contribution in [2.75, 3.05) is 39.5 Å². The van der Waals surface area contributed by atoms with Crippen LogP contribution in [0.4, 0.5) is 5.69 Å². The van der Waals surface area contributed by atoms with Crippen molar-refractivity contribution in [2.24, 2.45) is 5.92 Å². The summed E-state index contributed by atoms with van der Waals surface area (Å²) in [5.41, 5.74) is 6.36. The molecule has 0 aliphatic carbocycles. The Balaban J connectivity index is 1.94. The van der Waals surface area contributed by atoms with Gasteiger partial charge in [-0.05, 0) is 37.4 Å². The Morgan fingerprint density at radius 2 is 2.47 bits per heavy atom. The Morgan fingerprint density at radius 1 is 1.71 bits per heavy atom. The molecule has 0 radical (unpaired) electrons. The predicted octanol–water partition coefficient (Wildman–Crippen LogP) is 1.35. The summed E-state index contributed by atoms with van der Waals surface area (Å²) in [4.78, 5) is 16.9. The molecular formula is C12H19N3OS. The van der Waals surface area contributed by atoms with E-state index in [4.69, 9.17) is 5.73 Å². The van der Waals surface area contributed by atoms with Gasteiger partial charge in [0, 0.05) is 20.1 Å². The normalized spacial score (nSPS) is 20.7. The molecule has 1 fully saturated rings. The Bertz CT molecular complexity index is 404. The molecule has 1 amide bonds. The maximum atomic E-state index is 12.1. The third kappa shape index (κ3) is 2.79. The number of hydrogen-bond donors (Lipinski definition) is 1. The Kier molecular flexibility index (Phi) is 3.69. The molecule has 1 aromatic rings. The van der Waals surface area contributed by atoms with Gasteiger partial charge in [0.2, 0.25) is 0 Å². The Morgan fingerprint density at radius 3 is 3.00 bits per heavy atom. The second-order valence-corrected chi connectivity index (χ2v) is 5.72. The molecular weight excluding hydrogens is 234 g/mol. The van der Waals surface area contributed by atoms with Gasteiger partial charge in [-0.2, -0.15) is 0 Å². The van der Waals surface area contributed by atoms with Crippen LogP contribution in [0.2, 0.25) is 0 Å². The van der Waals surface area contributed by atoms with Gasteiger partial charge < -0.3 is 15.5 Å². The molecule has 17 heavy (non-hydrogen) atoms. The van der Waals surface area contributed by atoms with Crippen LogP contribution in [0.15, 0.2) is 11.4 Å². The van der Waals surface area contributed by atoms with Crippen LogP contribution in [0.25, 0.3) is 0 Å². The predicted molar refractivity (Wildman–Crippen MR) is 71.3 cm³/mol. The average molecular weight is 253 g/mol. The molecule has 2 N–H and O–H groups in total. The van der Waals surface area contributed by atoms with E-state index in [0.717, 1.165) is 19.6 Å². The maximum absolute atomic E-state index is 12.1. The first kappa shape index (κ1) is 12.4. The minimum atomic E-state index is 0.0482. The van der Waals surface area contributed by atoms with Gasteiger partial charge in [0.1, 0.15) is 4.88 Å². The Labute approximate surface area is 106 Å². The first-order valence-electron chi connectivity index (χ1n) is 5.85. The highest BCUT2D eigenvalue weighted by Crippen LogP contribution is 2.22. The highest BCUT2D eigenvalue weighted by atomic mass is 32.1. The van der Waals surface area contributed by atoms with Crippen molar-refractivity contribution < 1.29 is 4.79 Å². The van der Waals surface area contributed by atoms with E-state index in [1.807, 2.05) is 12.4 Å². The summed E-state index contributed by atoms with van der Waals surface area (Å²) in [7, 11) is 3.99. The molecule has 0 bridgehead atoms. The highest BCUT2D eigenvalue weighted by Gasteiger charge is 2.24. The Hall–Kier alpha value is -1.07. The van der Waals surface area contributed by atoms with E-state index in [2.05, 4.69) is 11.9 Å². The van der Waals surface area contributed by atoms with Crippen molar-refractivity contribution in [3.63, 3.8) is 0 Å². The number of anilines is 1. The summed E-state index contributed by atoms with van der Waals surface area (Å²) < 4.78 is 0. The van der Waals surface area contributed by atoms with E-state index < -0.39 is 0 Å². The van der Waals surface area contributed by atoms with Gasteiger partial charge in [0.15, 0.2) is 0 Å². The number of carbonyl (C=O) groups excluding carboxylic acids is 1. The standard InChI is InChI=1S/C12H19N3OS/c1-14-5-3-9(7-14)8-15(2)12(16)11-10(13)4-6-17-11/h4,6,9H,3,5,7-8,13H2,1-2H3. The largest absolute Gasteiger partial charge is 0.397 e. The minimum absolute atomic E-state index is 0.0482. The maximum Gasteiger partial charge on any atom is 0.265 e. The summed E-state index contributed by atoms with van der Waals surface area (Å²) in [6.07, 6.45) is 1.17. The van der Waals surface area contributed by atoms with E-state index in [1.54, 1.807) is 11.0 Å². The van der Waals surface area contributed by atoms with E-state index in [0.29, 0.717) is 16.5 Å². The number of likely N-dealkylation sites (tertiary alicyclic amines) is 1. The average Bonchev–Trinajstić information content (AvgIpc) is 2.86. The van der Waals surface area contributed by atoms with Crippen LogP contribution in [0.5, 0.6) is 0 Å². The molecule has 1 atom stereocenters. The fraction of sp³-hybridized carbons (Fsp3) is 0.583. The quantitative estimate of drug-likeness (QED) is 0.884. The lowest BCUT2D eigenvalue weighted by atomic mass is 10.1. The van der Waals surface area contributed by atoms with E-state index in [-0.39, 0.29) is 5.91 Å². The molecule has 1 unspecified atom stereocenters. The van der Waals surface area contributed by atoms with Crippen molar-refractivity contribution in [2.45, 2.75) is 6.42 Å². The van der Waals surface area contributed by atoms with Gasteiger partial charge in [-0.3, -0.25) is 4.79 Å². The molecule has 1 aromatic heterocycles. The monoisotopic (exact) mass is 253 g/mol. The molecule has 1 aliphatic rings. The summed E-state index contributed by atoms with van der Waals surface area (Å²) in [5, 5.41) is 1.86. The van der Waals surface area contributed by atoms with Gasteiger partial charge in [-0.25, -0.2) is 0 Å². The summed E-state index contributed by atoms with van der Waals surface area (Å²) in [6.45, 7) is 3.03. The van der Waals surface area contributed by atoms with Crippen LogP contribution in [0, 0.1) is 5.92 Å². The van der Waals surface area contributed by atoms with Crippen molar-refractivity contribution in [3.8, 4) is 0 Å². The zero-order chi connectivity index (χ0) is 12.4. The molecule has 5 heteroatoms. The smallest absolute Gasteiger partial charge is 0.265 e. The van der Waals surface area contributed by atoms with E-state index >= 15 is 0 Å². The zero-order valence-electron chi connectivity index (χ0n) is 10.3. The number of hydrogen-bond acceptors (Lipinski definition) is 4. The first-order chi connectivity index (χ1) is 8.08. The third-order valence-electron chi connectivity index (χ3n) is 3.26. The minimum Gasteiger partial charge on any atom is -0.397 e. The number of amides is 1. The molecule has 1 aliphatic heterocycles. The molecule has 0 aromatic carbocycles. The second-order valence-electron chi connectivity index (χ2n) is 4.81. The van der Waals surface area contributed by atoms with Crippen LogP contribution in [0.3, 0.4) is 0 Å². The number of nitrogens with zero attached hydrogens (tertiary/aromatic N) is 2. The number of rotatable bonds is 3. The molecule has 2 rings (SSSR count). The van der Waals surface area contributed by atoms with E-state index in [9.17, 15) is 4.79 Å². The van der Waals surface area contributed by atoms with Crippen LogP contribution >= 0.6 is 11.3 Å². The van der Waals surface area contributed by atoms with Crippen LogP contribution in [-0.2, 0) is 0 Å². The number of thiophene rings is 1. The molecule has 4 nitrogen and oxygen atoms in total. The lowest BCUT2D eigenvalue weighted by Gasteiger charge is -2.20. The fourth-order valence-electron chi connectivity index (χ4n) is 2.31. The number of nitrogens with two attached hydrogens (primary N) is 1. The van der Waals surface area contributed by atoms with Crippen molar-refractivity contribution in [1.82, 2.24) is 9.80 Å². The lowest BCUT2D eigenvalue weighted by molar-refractivity contribution is 0.0780. The summed E-state index contributed by atoms with van der Waals surface area (Å²) in [6, 6.07) is 1.79.